The lowest BCUT2D eigenvalue weighted by Gasteiger charge is -2.39. The molecule has 0 bridgehead atoms. The normalized spacial score (nSPS) is 30.8. The van der Waals surface area contributed by atoms with Gasteiger partial charge in [0.15, 0.2) is 5.41 Å². The Labute approximate surface area is 104 Å². The number of piperazine rings is 1. The first-order chi connectivity index (χ1) is 8.37. The minimum absolute atomic E-state index is 0.151. The highest BCUT2D eigenvalue weighted by atomic mass is 19.4. The van der Waals surface area contributed by atoms with Crippen LogP contribution in [-0.2, 0) is 4.79 Å². The molecule has 7 heteroatoms. The lowest BCUT2D eigenvalue weighted by atomic mass is 9.84. The van der Waals surface area contributed by atoms with Crippen molar-refractivity contribution in [1.29, 1.82) is 0 Å². The lowest BCUT2D eigenvalue weighted by Crippen LogP contribution is -2.57. The van der Waals surface area contributed by atoms with Gasteiger partial charge in [-0.25, -0.2) is 0 Å². The molecule has 18 heavy (non-hydrogen) atoms. The molecule has 104 valence electrons. The standard InChI is InChI=1S/C11H18F3N3O/c1-16-4-6-17(7-5-16)9(18)10(11(12,13)14)2-3-15-8-10/h15H,2-8H2,1H3. The molecule has 1 atom stereocenters. The molecule has 1 N–H and O–H groups in total. The van der Waals surface area contributed by atoms with Crippen LogP contribution in [0, 0.1) is 5.41 Å². The van der Waals surface area contributed by atoms with Crippen LogP contribution < -0.4 is 5.32 Å². The molecular weight excluding hydrogens is 247 g/mol. The van der Waals surface area contributed by atoms with Crippen LogP contribution in [0.15, 0.2) is 0 Å². The number of nitrogens with zero attached hydrogens (tertiary/aromatic N) is 2. The second-order valence-corrected chi connectivity index (χ2v) is 5.10. The number of rotatable bonds is 1. The molecule has 2 aliphatic heterocycles. The van der Waals surface area contributed by atoms with Crippen LogP contribution >= 0.6 is 0 Å². The Kier molecular flexibility index (Phi) is 3.55. The van der Waals surface area contributed by atoms with Crippen LogP contribution in [0.25, 0.3) is 0 Å². The molecule has 0 spiro atoms. The van der Waals surface area contributed by atoms with Gasteiger partial charge < -0.3 is 15.1 Å². The smallest absolute Gasteiger partial charge is 0.339 e. The Balaban J connectivity index is 2.14. The topological polar surface area (TPSA) is 35.6 Å². The third-order valence-corrected chi connectivity index (χ3v) is 3.90. The minimum Gasteiger partial charge on any atom is -0.339 e. The van der Waals surface area contributed by atoms with Crippen LogP contribution in [0.1, 0.15) is 6.42 Å². The zero-order chi connectivity index (χ0) is 13.4. The summed E-state index contributed by atoms with van der Waals surface area (Å²) in [5.41, 5.74) is -2.21. The van der Waals surface area contributed by atoms with Crippen LogP contribution in [0.4, 0.5) is 13.2 Å². The van der Waals surface area contributed by atoms with E-state index in [9.17, 15) is 18.0 Å². The van der Waals surface area contributed by atoms with Gasteiger partial charge in [0, 0.05) is 32.7 Å². The third-order valence-electron chi connectivity index (χ3n) is 3.90. The van der Waals surface area contributed by atoms with Gasteiger partial charge in [-0.1, -0.05) is 0 Å². The Bertz CT molecular complexity index is 318. The van der Waals surface area contributed by atoms with E-state index < -0.39 is 17.5 Å². The highest BCUT2D eigenvalue weighted by Crippen LogP contribution is 2.44. The van der Waals surface area contributed by atoms with Crippen LogP contribution in [-0.4, -0.2) is 68.2 Å². The number of alkyl halides is 3. The maximum atomic E-state index is 13.2. The molecule has 4 nitrogen and oxygen atoms in total. The molecule has 0 aliphatic carbocycles. The molecule has 2 heterocycles. The monoisotopic (exact) mass is 265 g/mol. The molecular formula is C11H18F3N3O. The van der Waals surface area contributed by atoms with Gasteiger partial charge in [-0.3, -0.25) is 4.79 Å². The Morgan fingerprint density at radius 2 is 1.83 bits per heavy atom. The fraction of sp³-hybridized carbons (Fsp3) is 0.909. The fourth-order valence-corrected chi connectivity index (χ4v) is 2.55. The van der Waals surface area contributed by atoms with Crippen molar-refractivity contribution in [3.8, 4) is 0 Å². The number of carbonyl (C=O) groups excluding carboxylic acids is 1. The summed E-state index contributed by atoms with van der Waals surface area (Å²) in [7, 11) is 1.90. The van der Waals surface area contributed by atoms with Crippen LogP contribution in [0.5, 0.6) is 0 Å². The van der Waals surface area contributed by atoms with Crippen molar-refractivity contribution in [2.24, 2.45) is 5.41 Å². The summed E-state index contributed by atoms with van der Waals surface area (Å²) >= 11 is 0. The maximum absolute atomic E-state index is 13.2. The molecule has 1 amide bonds. The summed E-state index contributed by atoms with van der Waals surface area (Å²) in [6.07, 6.45) is -4.63. The number of likely N-dealkylation sites (N-methyl/N-ethyl adjacent to an activating group) is 1. The van der Waals surface area contributed by atoms with Crippen molar-refractivity contribution in [1.82, 2.24) is 15.1 Å². The first-order valence-electron chi connectivity index (χ1n) is 6.12. The van der Waals surface area contributed by atoms with E-state index in [2.05, 4.69) is 5.32 Å². The van der Waals surface area contributed by atoms with Gasteiger partial charge >= 0.3 is 6.18 Å². The molecule has 2 saturated heterocycles. The molecule has 2 rings (SSSR count). The number of hydrogen-bond acceptors (Lipinski definition) is 3. The van der Waals surface area contributed by atoms with Crippen molar-refractivity contribution in [2.45, 2.75) is 12.6 Å². The number of nitrogens with one attached hydrogen (secondary N) is 1. The predicted molar refractivity (Wildman–Crippen MR) is 60.1 cm³/mol. The molecule has 2 fully saturated rings. The molecule has 0 saturated carbocycles. The van der Waals surface area contributed by atoms with Crippen molar-refractivity contribution >= 4 is 5.91 Å². The van der Waals surface area contributed by atoms with Crippen molar-refractivity contribution in [3.63, 3.8) is 0 Å². The zero-order valence-corrected chi connectivity index (χ0v) is 10.4. The molecule has 0 radical (unpaired) electrons. The minimum atomic E-state index is -4.48. The highest BCUT2D eigenvalue weighted by Gasteiger charge is 2.62. The predicted octanol–water partition coefficient (Wildman–Crippen LogP) is 0.302. The van der Waals surface area contributed by atoms with E-state index in [-0.39, 0.29) is 19.5 Å². The van der Waals surface area contributed by atoms with E-state index in [0.717, 1.165) is 0 Å². The zero-order valence-electron chi connectivity index (χ0n) is 10.4. The fourth-order valence-electron chi connectivity index (χ4n) is 2.55. The van der Waals surface area contributed by atoms with Crippen LogP contribution in [0.3, 0.4) is 0 Å². The van der Waals surface area contributed by atoms with Gasteiger partial charge in [0.25, 0.3) is 0 Å². The van der Waals surface area contributed by atoms with Crippen molar-refractivity contribution in [3.05, 3.63) is 0 Å². The first kappa shape index (κ1) is 13.6. The van der Waals surface area contributed by atoms with Crippen LogP contribution in [0.2, 0.25) is 0 Å². The van der Waals surface area contributed by atoms with Gasteiger partial charge in [-0.05, 0) is 20.0 Å². The number of hydrogen-bond donors (Lipinski definition) is 1. The van der Waals surface area contributed by atoms with Crippen molar-refractivity contribution in [2.75, 3.05) is 46.3 Å². The van der Waals surface area contributed by atoms with E-state index in [1.807, 2.05) is 11.9 Å². The summed E-state index contributed by atoms with van der Waals surface area (Å²) in [6.45, 7) is 1.99. The van der Waals surface area contributed by atoms with Gasteiger partial charge in [-0.2, -0.15) is 13.2 Å². The maximum Gasteiger partial charge on any atom is 0.404 e. The third kappa shape index (κ3) is 2.21. The molecule has 0 aromatic heterocycles. The number of amides is 1. The molecule has 1 unspecified atom stereocenters. The Morgan fingerprint density at radius 3 is 2.28 bits per heavy atom. The molecule has 2 aliphatic rings. The SMILES string of the molecule is CN1CCN(C(=O)C2(C(F)(F)F)CCNC2)CC1. The van der Waals surface area contributed by atoms with E-state index >= 15 is 0 Å². The second-order valence-electron chi connectivity index (χ2n) is 5.10. The second kappa shape index (κ2) is 4.70. The van der Waals surface area contributed by atoms with E-state index in [4.69, 9.17) is 0 Å². The Hall–Kier alpha value is -0.820. The largest absolute Gasteiger partial charge is 0.404 e. The summed E-state index contributed by atoms with van der Waals surface area (Å²) in [5.74, 6) is -0.756. The molecule has 0 aromatic carbocycles. The van der Waals surface area contributed by atoms with Gasteiger partial charge in [0.05, 0.1) is 0 Å². The lowest BCUT2D eigenvalue weighted by molar-refractivity contribution is -0.222. The summed E-state index contributed by atoms with van der Waals surface area (Å²) in [4.78, 5) is 15.6. The van der Waals surface area contributed by atoms with Crippen molar-refractivity contribution < 1.29 is 18.0 Å². The highest BCUT2D eigenvalue weighted by molar-refractivity contribution is 5.84. The summed E-state index contributed by atoms with van der Waals surface area (Å²) in [6, 6.07) is 0. The summed E-state index contributed by atoms with van der Waals surface area (Å²) in [5, 5.41) is 2.67. The Morgan fingerprint density at radius 1 is 1.22 bits per heavy atom. The van der Waals surface area contributed by atoms with Gasteiger partial charge in [0.1, 0.15) is 0 Å². The van der Waals surface area contributed by atoms with E-state index in [1.54, 1.807) is 0 Å². The van der Waals surface area contributed by atoms with E-state index in [1.165, 1.54) is 4.90 Å². The van der Waals surface area contributed by atoms with E-state index in [0.29, 0.717) is 26.2 Å². The first-order valence-corrected chi connectivity index (χ1v) is 6.12. The van der Waals surface area contributed by atoms with Gasteiger partial charge in [0.2, 0.25) is 5.91 Å². The summed E-state index contributed by atoms with van der Waals surface area (Å²) < 4.78 is 39.6. The number of halogens is 3. The number of carbonyl (C=O) groups is 1. The average molecular weight is 265 g/mol. The average Bonchev–Trinajstić information content (AvgIpc) is 2.78. The van der Waals surface area contributed by atoms with Gasteiger partial charge in [-0.15, -0.1) is 0 Å². The molecule has 0 aromatic rings. The quantitative estimate of drug-likeness (QED) is 0.741.